The normalized spacial score (nSPS) is 19.1. The van der Waals surface area contributed by atoms with E-state index >= 15 is 0 Å². The third-order valence-corrected chi connectivity index (χ3v) is 3.10. The highest BCUT2D eigenvalue weighted by Gasteiger charge is 2.59. The van der Waals surface area contributed by atoms with Crippen LogP contribution in [0.15, 0.2) is 0 Å². The van der Waals surface area contributed by atoms with Crippen LogP contribution in [0.4, 0.5) is 0 Å². The standard InChI is InChI=1S/C11H20O3/c1-10(2,3)11(5-6-11)9(12)14-8-7-13-4/h5-8H2,1-4H3. The number of carbonyl (C=O) groups is 1. The number of hydrogen-bond acceptors (Lipinski definition) is 3. The molecule has 0 radical (unpaired) electrons. The van der Waals surface area contributed by atoms with E-state index in [4.69, 9.17) is 9.47 Å². The third kappa shape index (κ3) is 2.08. The molecule has 0 unspecified atom stereocenters. The van der Waals surface area contributed by atoms with E-state index in [0.717, 1.165) is 12.8 Å². The lowest BCUT2D eigenvalue weighted by Crippen LogP contribution is -2.32. The summed E-state index contributed by atoms with van der Waals surface area (Å²) in [5.41, 5.74) is -0.210. The second kappa shape index (κ2) is 3.89. The number of ether oxygens (including phenoxy) is 2. The molecule has 0 atom stereocenters. The van der Waals surface area contributed by atoms with Gasteiger partial charge in [0.25, 0.3) is 0 Å². The fourth-order valence-electron chi connectivity index (χ4n) is 1.74. The number of hydrogen-bond donors (Lipinski definition) is 0. The van der Waals surface area contributed by atoms with Crippen LogP contribution in [0.3, 0.4) is 0 Å². The molecule has 1 rings (SSSR count). The Labute approximate surface area is 85.8 Å². The quantitative estimate of drug-likeness (QED) is 0.514. The number of esters is 1. The van der Waals surface area contributed by atoms with Gasteiger partial charge in [0, 0.05) is 7.11 Å². The van der Waals surface area contributed by atoms with Crippen molar-refractivity contribution in [3.63, 3.8) is 0 Å². The SMILES string of the molecule is COCCOC(=O)C1(C(C)(C)C)CC1. The predicted octanol–water partition coefficient (Wildman–Crippen LogP) is 2.00. The molecule has 0 bridgehead atoms. The molecule has 0 amide bonds. The highest BCUT2D eigenvalue weighted by atomic mass is 16.6. The molecule has 1 saturated carbocycles. The van der Waals surface area contributed by atoms with Gasteiger partial charge in [-0.25, -0.2) is 0 Å². The van der Waals surface area contributed by atoms with Crippen LogP contribution in [0.2, 0.25) is 0 Å². The summed E-state index contributed by atoms with van der Waals surface area (Å²) in [5, 5.41) is 0. The van der Waals surface area contributed by atoms with Crippen molar-refractivity contribution < 1.29 is 14.3 Å². The van der Waals surface area contributed by atoms with E-state index in [1.165, 1.54) is 0 Å². The van der Waals surface area contributed by atoms with Gasteiger partial charge in [0.05, 0.1) is 12.0 Å². The largest absolute Gasteiger partial charge is 0.463 e. The summed E-state index contributed by atoms with van der Waals surface area (Å²) < 4.78 is 10.0. The number of rotatable bonds is 4. The minimum Gasteiger partial charge on any atom is -0.463 e. The molecule has 3 nitrogen and oxygen atoms in total. The molecule has 0 N–H and O–H groups in total. The Morgan fingerprint density at radius 1 is 1.29 bits per heavy atom. The number of methoxy groups -OCH3 is 1. The third-order valence-electron chi connectivity index (χ3n) is 3.10. The van der Waals surface area contributed by atoms with Crippen molar-refractivity contribution in [1.82, 2.24) is 0 Å². The van der Waals surface area contributed by atoms with Crippen molar-refractivity contribution in [3.05, 3.63) is 0 Å². The van der Waals surface area contributed by atoms with Gasteiger partial charge in [0.2, 0.25) is 0 Å². The number of carbonyl (C=O) groups excluding carboxylic acids is 1. The smallest absolute Gasteiger partial charge is 0.312 e. The maximum absolute atomic E-state index is 11.8. The van der Waals surface area contributed by atoms with Crippen LogP contribution in [-0.4, -0.2) is 26.3 Å². The first-order valence-electron chi connectivity index (χ1n) is 5.10. The summed E-state index contributed by atoms with van der Waals surface area (Å²) in [7, 11) is 1.60. The molecule has 82 valence electrons. The van der Waals surface area contributed by atoms with E-state index in [-0.39, 0.29) is 16.8 Å². The van der Waals surface area contributed by atoms with Crippen LogP contribution < -0.4 is 0 Å². The van der Waals surface area contributed by atoms with Crippen LogP contribution in [0.5, 0.6) is 0 Å². The topological polar surface area (TPSA) is 35.5 Å². The molecule has 0 aromatic heterocycles. The van der Waals surface area contributed by atoms with E-state index in [2.05, 4.69) is 20.8 Å². The second-order valence-corrected chi connectivity index (χ2v) is 4.96. The van der Waals surface area contributed by atoms with Gasteiger partial charge in [-0.3, -0.25) is 4.79 Å². The Morgan fingerprint density at radius 2 is 1.86 bits per heavy atom. The summed E-state index contributed by atoms with van der Waals surface area (Å²) in [5.74, 6) is -0.0537. The summed E-state index contributed by atoms with van der Waals surface area (Å²) in [6, 6.07) is 0. The Hall–Kier alpha value is -0.570. The van der Waals surface area contributed by atoms with Crippen LogP contribution in [0.1, 0.15) is 33.6 Å². The van der Waals surface area contributed by atoms with Gasteiger partial charge in [0.15, 0.2) is 0 Å². The maximum Gasteiger partial charge on any atom is 0.312 e. The highest BCUT2D eigenvalue weighted by Crippen LogP contribution is 2.59. The summed E-state index contributed by atoms with van der Waals surface area (Å²) in [6.07, 6.45) is 1.92. The van der Waals surface area contributed by atoms with Gasteiger partial charge in [-0.15, -0.1) is 0 Å². The van der Waals surface area contributed by atoms with Gasteiger partial charge in [0.1, 0.15) is 6.61 Å². The fourth-order valence-corrected chi connectivity index (χ4v) is 1.74. The molecule has 0 aliphatic heterocycles. The van der Waals surface area contributed by atoms with Gasteiger partial charge in [-0.1, -0.05) is 20.8 Å². The van der Waals surface area contributed by atoms with Crippen molar-refractivity contribution in [1.29, 1.82) is 0 Å². The second-order valence-electron chi connectivity index (χ2n) is 4.96. The minimum atomic E-state index is -0.221. The molecule has 1 fully saturated rings. The predicted molar refractivity (Wildman–Crippen MR) is 54.0 cm³/mol. The molecule has 0 heterocycles. The molecule has 0 saturated heterocycles. The molecule has 3 heteroatoms. The lowest BCUT2D eigenvalue weighted by atomic mass is 9.77. The first-order valence-corrected chi connectivity index (χ1v) is 5.10. The van der Waals surface area contributed by atoms with Crippen LogP contribution in [0, 0.1) is 10.8 Å². The van der Waals surface area contributed by atoms with Crippen molar-refractivity contribution in [2.75, 3.05) is 20.3 Å². The highest BCUT2D eigenvalue weighted by molar-refractivity contribution is 5.80. The zero-order chi connectivity index (χ0) is 10.8. The molecule has 14 heavy (non-hydrogen) atoms. The van der Waals surface area contributed by atoms with Crippen molar-refractivity contribution in [2.45, 2.75) is 33.6 Å². The van der Waals surface area contributed by atoms with Gasteiger partial charge in [-0.05, 0) is 18.3 Å². The average molecular weight is 200 g/mol. The van der Waals surface area contributed by atoms with Crippen molar-refractivity contribution >= 4 is 5.97 Å². The van der Waals surface area contributed by atoms with Crippen LogP contribution in [0.25, 0.3) is 0 Å². The molecule has 0 spiro atoms. The monoisotopic (exact) mass is 200 g/mol. The lowest BCUT2D eigenvalue weighted by Gasteiger charge is -2.28. The molecule has 0 aromatic rings. The zero-order valence-electron chi connectivity index (χ0n) is 9.55. The van der Waals surface area contributed by atoms with Crippen LogP contribution >= 0.6 is 0 Å². The van der Waals surface area contributed by atoms with E-state index < -0.39 is 0 Å². The molecule has 1 aliphatic rings. The van der Waals surface area contributed by atoms with E-state index in [0.29, 0.717) is 13.2 Å². The molecule has 0 aromatic carbocycles. The average Bonchev–Trinajstić information content (AvgIpc) is 2.82. The van der Waals surface area contributed by atoms with Crippen LogP contribution in [-0.2, 0) is 14.3 Å². The van der Waals surface area contributed by atoms with Crippen molar-refractivity contribution in [2.24, 2.45) is 10.8 Å². The molecular weight excluding hydrogens is 180 g/mol. The van der Waals surface area contributed by atoms with E-state index in [1.807, 2.05) is 0 Å². The molecule has 1 aliphatic carbocycles. The van der Waals surface area contributed by atoms with Gasteiger partial charge < -0.3 is 9.47 Å². The summed E-state index contributed by atoms with van der Waals surface area (Å²) in [6.45, 7) is 7.13. The van der Waals surface area contributed by atoms with Crippen molar-refractivity contribution in [3.8, 4) is 0 Å². The lowest BCUT2D eigenvalue weighted by molar-refractivity contribution is -0.156. The summed E-state index contributed by atoms with van der Waals surface area (Å²) >= 11 is 0. The van der Waals surface area contributed by atoms with E-state index in [1.54, 1.807) is 7.11 Å². The summed E-state index contributed by atoms with van der Waals surface area (Å²) in [4.78, 5) is 11.8. The Balaban J connectivity index is 2.45. The van der Waals surface area contributed by atoms with Gasteiger partial charge >= 0.3 is 5.97 Å². The van der Waals surface area contributed by atoms with Gasteiger partial charge in [-0.2, -0.15) is 0 Å². The first kappa shape index (κ1) is 11.5. The first-order chi connectivity index (χ1) is 6.44. The zero-order valence-corrected chi connectivity index (χ0v) is 9.55. The fraction of sp³-hybridized carbons (Fsp3) is 0.909. The Morgan fingerprint density at radius 3 is 2.21 bits per heavy atom. The Bertz CT molecular complexity index is 211. The Kier molecular flexibility index (Phi) is 3.20. The van der Waals surface area contributed by atoms with E-state index in [9.17, 15) is 4.79 Å². The molecular formula is C11H20O3. The minimum absolute atomic E-state index is 0.0111. The maximum atomic E-state index is 11.8.